The summed E-state index contributed by atoms with van der Waals surface area (Å²) in [5, 5.41) is 2.24. The minimum atomic E-state index is 0.774. The van der Waals surface area contributed by atoms with Crippen LogP contribution in [0.1, 0.15) is 77.3 Å². The quantitative estimate of drug-likeness (QED) is 0.592. The number of allylic oxidation sites excluding steroid dienone is 1. The lowest BCUT2D eigenvalue weighted by Gasteiger charge is -2.14. The molecule has 1 heterocycles. The Kier molecular flexibility index (Phi) is 13.1. The summed E-state index contributed by atoms with van der Waals surface area (Å²) in [6.07, 6.45) is 8.93. The number of nitrogens with one attached hydrogen (secondary N) is 1. The van der Waals surface area contributed by atoms with Crippen molar-refractivity contribution in [1.82, 2.24) is 4.98 Å². The molecule has 1 nitrogen and oxygen atoms in total. The van der Waals surface area contributed by atoms with Gasteiger partial charge < -0.3 is 4.98 Å². The standard InChI is InChI=1S/C14H22.C8H11N.C3H6/c1-4-6-7-13(5-2)14-10-8-12(3)9-11-14;1-6(2)8-4-5-9-7(8)3;1-3-2/h8-11,13H,4-7H2,1-3H3;4-5,9H,3H2,1-2H3;3H,1H2,2H3. The fourth-order valence-corrected chi connectivity index (χ4v) is 2.77. The second-order valence-corrected chi connectivity index (χ2v) is 6.94. The Labute approximate surface area is 161 Å². The Morgan fingerprint density at radius 3 is 2.04 bits per heavy atom. The van der Waals surface area contributed by atoms with E-state index in [1.165, 1.54) is 47.6 Å². The summed E-state index contributed by atoms with van der Waals surface area (Å²) < 4.78 is 0. The average Bonchev–Trinajstić information content (AvgIpc) is 3.05. The van der Waals surface area contributed by atoms with Crippen LogP contribution in [0.4, 0.5) is 0 Å². The van der Waals surface area contributed by atoms with Gasteiger partial charge >= 0.3 is 0 Å². The minimum Gasteiger partial charge on any atom is -0.362 e. The Morgan fingerprint density at radius 2 is 1.69 bits per heavy atom. The second kappa shape index (κ2) is 14.2. The van der Waals surface area contributed by atoms with Crippen LogP contribution in [0, 0.1) is 6.92 Å². The highest BCUT2D eigenvalue weighted by atomic mass is 14.6. The van der Waals surface area contributed by atoms with Crippen molar-refractivity contribution in [3.63, 3.8) is 0 Å². The smallest absolute Gasteiger partial charge is 0.0380 e. The predicted octanol–water partition coefficient (Wildman–Crippen LogP) is 6.49. The lowest BCUT2D eigenvalue weighted by Crippen LogP contribution is -2.21. The van der Waals surface area contributed by atoms with Crippen molar-refractivity contribution >= 4 is 12.2 Å². The van der Waals surface area contributed by atoms with Crippen LogP contribution in [-0.4, -0.2) is 4.98 Å². The molecule has 1 aromatic carbocycles. The van der Waals surface area contributed by atoms with Gasteiger partial charge in [0.05, 0.1) is 0 Å². The maximum absolute atomic E-state index is 3.83. The number of unbranched alkanes of at least 4 members (excludes halogenated alkanes) is 1. The Balaban J connectivity index is 0.000000446. The molecule has 0 aliphatic rings. The third-order valence-corrected chi connectivity index (χ3v) is 4.32. The summed E-state index contributed by atoms with van der Waals surface area (Å²) in [6, 6.07) is 11.1. The van der Waals surface area contributed by atoms with Gasteiger partial charge in [-0.1, -0.05) is 74.7 Å². The summed E-state index contributed by atoms with van der Waals surface area (Å²) in [7, 11) is 0. The number of benzene rings is 1. The van der Waals surface area contributed by atoms with Crippen LogP contribution in [0.2, 0.25) is 0 Å². The molecule has 1 heteroatoms. The molecule has 2 rings (SSSR count). The first-order valence-electron chi connectivity index (χ1n) is 9.84. The average molecular weight is 354 g/mol. The molecule has 0 radical (unpaired) electrons. The molecule has 1 aromatic heterocycles. The summed E-state index contributed by atoms with van der Waals surface area (Å²) >= 11 is 0. The third kappa shape index (κ3) is 9.46. The van der Waals surface area contributed by atoms with Crippen molar-refractivity contribution in [2.75, 3.05) is 0 Å². The molecule has 0 fully saturated rings. The number of H-pyrrole nitrogens is 1. The highest BCUT2D eigenvalue weighted by molar-refractivity contribution is 5.38. The van der Waals surface area contributed by atoms with E-state index in [-0.39, 0.29) is 0 Å². The molecule has 0 saturated heterocycles. The SMILES string of the molecule is C=CC.C=c1[nH]ccc1=C(C)C.CCCCC(CC)c1ccc(C)cc1. The molecule has 2 aromatic rings. The highest BCUT2D eigenvalue weighted by Crippen LogP contribution is 2.25. The van der Waals surface area contributed by atoms with E-state index in [1.54, 1.807) is 6.08 Å². The van der Waals surface area contributed by atoms with Crippen LogP contribution in [0.3, 0.4) is 0 Å². The number of hydrogen-bond acceptors (Lipinski definition) is 0. The normalized spacial score (nSPS) is 10.7. The maximum Gasteiger partial charge on any atom is 0.0380 e. The fourth-order valence-electron chi connectivity index (χ4n) is 2.77. The highest BCUT2D eigenvalue weighted by Gasteiger charge is 2.07. The molecular weight excluding hydrogens is 314 g/mol. The lowest BCUT2D eigenvalue weighted by molar-refractivity contribution is 0.569. The fraction of sp³-hybridized carbons (Fsp3) is 0.440. The predicted molar refractivity (Wildman–Crippen MR) is 120 cm³/mol. The van der Waals surface area contributed by atoms with Crippen molar-refractivity contribution in [3.8, 4) is 0 Å². The molecular formula is C25H39N. The molecule has 144 valence electrons. The van der Waals surface area contributed by atoms with E-state index in [2.05, 4.69) is 77.0 Å². The van der Waals surface area contributed by atoms with E-state index in [0.29, 0.717) is 0 Å². The Hall–Kier alpha value is -2.02. The molecule has 0 spiro atoms. The summed E-state index contributed by atoms with van der Waals surface area (Å²) in [6.45, 7) is 19.9. The number of aromatic nitrogens is 1. The van der Waals surface area contributed by atoms with Crippen LogP contribution in [0.25, 0.3) is 12.2 Å². The third-order valence-electron chi connectivity index (χ3n) is 4.32. The van der Waals surface area contributed by atoms with E-state index in [4.69, 9.17) is 0 Å². The van der Waals surface area contributed by atoms with Crippen molar-refractivity contribution in [3.05, 3.63) is 70.9 Å². The largest absolute Gasteiger partial charge is 0.362 e. The van der Waals surface area contributed by atoms with Gasteiger partial charge in [-0.3, -0.25) is 0 Å². The number of hydrogen-bond donors (Lipinski definition) is 1. The van der Waals surface area contributed by atoms with Gasteiger partial charge in [-0.15, -0.1) is 6.58 Å². The van der Waals surface area contributed by atoms with Crippen LogP contribution in [-0.2, 0) is 0 Å². The number of aromatic amines is 1. The molecule has 0 amide bonds. The molecule has 0 aliphatic heterocycles. The van der Waals surface area contributed by atoms with E-state index < -0.39 is 0 Å². The molecule has 1 atom stereocenters. The van der Waals surface area contributed by atoms with Gasteiger partial charge in [-0.25, -0.2) is 0 Å². The van der Waals surface area contributed by atoms with Gasteiger partial charge in [0.1, 0.15) is 0 Å². The maximum atomic E-state index is 3.83. The van der Waals surface area contributed by atoms with Crippen molar-refractivity contribution in [1.29, 1.82) is 0 Å². The van der Waals surface area contributed by atoms with Crippen LogP contribution >= 0.6 is 0 Å². The van der Waals surface area contributed by atoms with Gasteiger partial charge in [0, 0.05) is 11.5 Å². The molecule has 26 heavy (non-hydrogen) atoms. The first-order valence-corrected chi connectivity index (χ1v) is 9.84. The molecule has 1 N–H and O–H groups in total. The van der Waals surface area contributed by atoms with Crippen LogP contribution in [0.5, 0.6) is 0 Å². The van der Waals surface area contributed by atoms with Gasteiger partial charge in [0.25, 0.3) is 0 Å². The molecule has 1 unspecified atom stereocenters. The molecule has 0 saturated carbocycles. The molecule has 0 bridgehead atoms. The van der Waals surface area contributed by atoms with E-state index in [9.17, 15) is 0 Å². The van der Waals surface area contributed by atoms with Crippen LogP contribution < -0.4 is 10.6 Å². The zero-order chi connectivity index (χ0) is 19.9. The van der Waals surface area contributed by atoms with E-state index in [1.807, 2.05) is 19.2 Å². The number of aryl methyl sites for hydroxylation is 1. The monoisotopic (exact) mass is 353 g/mol. The first kappa shape index (κ1) is 24.0. The zero-order valence-electron chi connectivity index (χ0n) is 17.9. The van der Waals surface area contributed by atoms with Crippen molar-refractivity contribution < 1.29 is 0 Å². The summed E-state index contributed by atoms with van der Waals surface area (Å²) in [4.78, 5) is 3.02. The van der Waals surface area contributed by atoms with E-state index >= 15 is 0 Å². The summed E-state index contributed by atoms with van der Waals surface area (Å²) in [5.74, 6) is 0.774. The van der Waals surface area contributed by atoms with Crippen molar-refractivity contribution in [2.45, 2.75) is 73.1 Å². The topological polar surface area (TPSA) is 15.8 Å². The van der Waals surface area contributed by atoms with Gasteiger partial charge in [0.2, 0.25) is 0 Å². The first-order chi connectivity index (χ1) is 12.4. The second-order valence-electron chi connectivity index (χ2n) is 6.94. The zero-order valence-corrected chi connectivity index (χ0v) is 17.9. The van der Waals surface area contributed by atoms with Gasteiger partial charge in [-0.2, -0.15) is 0 Å². The summed E-state index contributed by atoms with van der Waals surface area (Å²) in [5.41, 5.74) is 4.19. The van der Waals surface area contributed by atoms with Crippen LogP contribution in [0.15, 0.2) is 49.2 Å². The number of rotatable bonds is 5. The Morgan fingerprint density at radius 1 is 1.12 bits per heavy atom. The Bertz CT molecular complexity index is 699. The molecule has 0 aliphatic carbocycles. The van der Waals surface area contributed by atoms with E-state index in [0.717, 1.165) is 11.3 Å². The minimum absolute atomic E-state index is 0.774. The lowest BCUT2D eigenvalue weighted by atomic mass is 9.91. The van der Waals surface area contributed by atoms with Gasteiger partial charge in [-0.05, 0) is 63.3 Å². The van der Waals surface area contributed by atoms with Crippen molar-refractivity contribution in [2.24, 2.45) is 0 Å². The van der Waals surface area contributed by atoms with Gasteiger partial charge in [0.15, 0.2) is 0 Å².